The zero-order chi connectivity index (χ0) is 14.6. The number of hydrogen-bond donors (Lipinski definition) is 2. The molecular weight excluding hydrogens is 248 g/mol. The van der Waals surface area contributed by atoms with E-state index < -0.39 is 23.6 Å². The number of likely N-dealkylation sites (N-methyl/N-ethyl adjacent to an activating group) is 1. The fourth-order valence-electron chi connectivity index (χ4n) is 2.21. The van der Waals surface area contributed by atoms with Gasteiger partial charge in [0.25, 0.3) is 0 Å². The van der Waals surface area contributed by atoms with Crippen LogP contribution in [0, 0.1) is 5.92 Å². The van der Waals surface area contributed by atoms with E-state index in [-0.39, 0.29) is 6.04 Å². The molecule has 6 heteroatoms. The molecule has 0 radical (unpaired) electrons. The molecule has 2 atom stereocenters. The molecule has 0 saturated carbocycles. The van der Waals surface area contributed by atoms with E-state index in [1.807, 2.05) is 11.8 Å². The Kier molecular flexibility index (Phi) is 5.17. The molecule has 0 aliphatic carbocycles. The standard InChI is InChI=1S/C13H24N2O4/c1-5-15-7-9(11(16)17)6-10(8-15)14-12(18)19-13(2,3)4/h9-10H,5-8H2,1-4H3,(H,14,18)(H,16,17). The quantitative estimate of drug-likeness (QED) is 0.809. The monoisotopic (exact) mass is 272 g/mol. The third kappa shape index (κ3) is 5.46. The predicted octanol–water partition coefficient (Wildman–Crippen LogP) is 1.31. The van der Waals surface area contributed by atoms with Crippen LogP contribution in [-0.4, -0.2) is 53.3 Å². The number of likely N-dealkylation sites (tertiary alicyclic amines) is 1. The fourth-order valence-corrected chi connectivity index (χ4v) is 2.21. The average molecular weight is 272 g/mol. The van der Waals surface area contributed by atoms with Crippen molar-refractivity contribution in [2.45, 2.75) is 45.8 Å². The van der Waals surface area contributed by atoms with Crippen LogP contribution in [-0.2, 0) is 9.53 Å². The first kappa shape index (κ1) is 15.8. The number of aliphatic carboxylic acids is 1. The van der Waals surface area contributed by atoms with Gasteiger partial charge in [-0.3, -0.25) is 4.79 Å². The predicted molar refractivity (Wildman–Crippen MR) is 71.0 cm³/mol. The summed E-state index contributed by atoms with van der Waals surface area (Å²) < 4.78 is 5.19. The number of piperidine rings is 1. The number of alkyl carbamates (subject to hydrolysis) is 1. The summed E-state index contributed by atoms with van der Waals surface area (Å²) in [6.45, 7) is 9.35. The van der Waals surface area contributed by atoms with E-state index in [0.29, 0.717) is 19.5 Å². The molecule has 19 heavy (non-hydrogen) atoms. The number of carbonyl (C=O) groups is 2. The third-order valence-electron chi connectivity index (χ3n) is 3.04. The normalized spacial score (nSPS) is 24.8. The minimum Gasteiger partial charge on any atom is -0.481 e. The summed E-state index contributed by atoms with van der Waals surface area (Å²) in [6, 6.07) is -0.176. The smallest absolute Gasteiger partial charge is 0.407 e. The molecule has 2 unspecified atom stereocenters. The zero-order valence-electron chi connectivity index (χ0n) is 12.1. The largest absolute Gasteiger partial charge is 0.481 e. The molecule has 110 valence electrons. The number of ether oxygens (including phenoxy) is 1. The highest BCUT2D eigenvalue weighted by Gasteiger charge is 2.32. The third-order valence-corrected chi connectivity index (χ3v) is 3.04. The highest BCUT2D eigenvalue weighted by Crippen LogP contribution is 2.17. The second-order valence-electron chi connectivity index (χ2n) is 5.97. The van der Waals surface area contributed by atoms with Gasteiger partial charge in [-0.05, 0) is 33.7 Å². The maximum atomic E-state index is 11.7. The number of carbonyl (C=O) groups excluding carboxylic acids is 1. The molecule has 1 aliphatic heterocycles. The molecule has 1 saturated heterocycles. The molecule has 0 spiro atoms. The van der Waals surface area contributed by atoms with Gasteiger partial charge in [0.15, 0.2) is 0 Å². The Morgan fingerprint density at radius 1 is 1.37 bits per heavy atom. The maximum Gasteiger partial charge on any atom is 0.407 e. The molecule has 0 aromatic rings. The van der Waals surface area contributed by atoms with Gasteiger partial charge in [-0.2, -0.15) is 0 Å². The number of nitrogens with one attached hydrogen (secondary N) is 1. The lowest BCUT2D eigenvalue weighted by Crippen LogP contribution is -2.52. The van der Waals surface area contributed by atoms with Gasteiger partial charge in [0, 0.05) is 19.1 Å². The SMILES string of the molecule is CCN1CC(NC(=O)OC(C)(C)C)CC(C(=O)O)C1. The van der Waals surface area contributed by atoms with Crippen molar-refractivity contribution in [3.63, 3.8) is 0 Å². The van der Waals surface area contributed by atoms with Crippen molar-refractivity contribution in [3.8, 4) is 0 Å². The second kappa shape index (κ2) is 6.23. The van der Waals surface area contributed by atoms with Crippen molar-refractivity contribution in [3.05, 3.63) is 0 Å². The maximum absolute atomic E-state index is 11.7. The van der Waals surface area contributed by atoms with Crippen molar-refractivity contribution < 1.29 is 19.4 Å². The van der Waals surface area contributed by atoms with Gasteiger partial charge < -0.3 is 20.1 Å². The van der Waals surface area contributed by atoms with Gasteiger partial charge in [-0.1, -0.05) is 6.92 Å². The fraction of sp³-hybridized carbons (Fsp3) is 0.846. The molecule has 1 fully saturated rings. The summed E-state index contributed by atoms with van der Waals surface area (Å²) >= 11 is 0. The van der Waals surface area contributed by atoms with E-state index in [1.54, 1.807) is 20.8 Å². The summed E-state index contributed by atoms with van der Waals surface area (Å²) in [5, 5.41) is 11.9. The number of carboxylic acid groups (broad SMARTS) is 1. The first-order valence-electron chi connectivity index (χ1n) is 6.66. The van der Waals surface area contributed by atoms with Crippen LogP contribution in [0.4, 0.5) is 4.79 Å². The molecule has 1 amide bonds. The van der Waals surface area contributed by atoms with Crippen LogP contribution in [0.2, 0.25) is 0 Å². The molecule has 0 aromatic carbocycles. The number of amides is 1. The number of rotatable bonds is 3. The molecule has 1 heterocycles. The van der Waals surface area contributed by atoms with E-state index in [4.69, 9.17) is 9.84 Å². The van der Waals surface area contributed by atoms with Gasteiger partial charge in [0.2, 0.25) is 0 Å². The first-order chi connectivity index (χ1) is 8.71. The summed E-state index contributed by atoms with van der Waals surface area (Å²) in [7, 11) is 0. The lowest BCUT2D eigenvalue weighted by Gasteiger charge is -2.36. The number of nitrogens with zero attached hydrogens (tertiary/aromatic N) is 1. The van der Waals surface area contributed by atoms with E-state index in [0.717, 1.165) is 6.54 Å². The summed E-state index contributed by atoms with van der Waals surface area (Å²) in [4.78, 5) is 24.8. The summed E-state index contributed by atoms with van der Waals surface area (Å²) in [6.07, 6.45) is -0.0370. The molecule has 6 nitrogen and oxygen atoms in total. The van der Waals surface area contributed by atoms with Gasteiger partial charge in [-0.15, -0.1) is 0 Å². The topological polar surface area (TPSA) is 78.9 Å². The van der Waals surface area contributed by atoms with Crippen LogP contribution in [0.3, 0.4) is 0 Å². The minimum atomic E-state index is -0.811. The van der Waals surface area contributed by atoms with Crippen molar-refractivity contribution in [1.29, 1.82) is 0 Å². The van der Waals surface area contributed by atoms with Gasteiger partial charge in [0.05, 0.1) is 5.92 Å². The number of carboxylic acids is 1. The second-order valence-corrected chi connectivity index (χ2v) is 5.97. The van der Waals surface area contributed by atoms with Gasteiger partial charge in [0.1, 0.15) is 5.60 Å². The van der Waals surface area contributed by atoms with Crippen LogP contribution in [0.25, 0.3) is 0 Å². The van der Waals surface area contributed by atoms with Crippen LogP contribution in [0.15, 0.2) is 0 Å². The van der Waals surface area contributed by atoms with Crippen molar-refractivity contribution >= 4 is 12.1 Å². The zero-order valence-corrected chi connectivity index (χ0v) is 12.1. The Bertz CT molecular complexity index is 338. The van der Waals surface area contributed by atoms with Crippen molar-refractivity contribution in [2.24, 2.45) is 5.92 Å². The Labute approximate surface area is 114 Å². The number of hydrogen-bond acceptors (Lipinski definition) is 4. The Morgan fingerprint density at radius 3 is 2.47 bits per heavy atom. The lowest BCUT2D eigenvalue weighted by atomic mass is 9.94. The van der Waals surface area contributed by atoms with Crippen molar-refractivity contribution in [2.75, 3.05) is 19.6 Å². The van der Waals surface area contributed by atoms with Crippen molar-refractivity contribution in [1.82, 2.24) is 10.2 Å². The highest BCUT2D eigenvalue weighted by molar-refractivity contribution is 5.71. The van der Waals surface area contributed by atoms with E-state index >= 15 is 0 Å². The molecule has 1 rings (SSSR count). The minimum absolute atomic E-state index is 0.176. The first-order valence-corrected chi connectivity index (χ1v) is 6.66. The van der Waals surface area contributed by atoms with Crippen LogP contribution in [0.5, 0.6) is 0 Å². The average Bonchev–Trinajstić information content (AvgIpc) is 2.25. The molecule has 1 aliphatic rings. The van der Waals surface area contributed by atoms with E-state index in [9.17, 15) is 9.59 Å². The molecular formula is C13H24N2O4. The highest BCUT2D eigenvalue weighted by atomic mass is 16.6. The summed E-state index contributed by atoms with van der Waals surface area (Å²) in [5.41, 5.74) is -0.546. The van der Waals surface area contributed by atoms with Gasteiger partial charge >= 0.3 is 12.1 Å². The lowest BCUT2D eigenvalue weighted by molar-refractivity contribution is -0.144. The molecule has 2 N–H and O–H groups in total. The summed E-state index contributed by atoms with van der Waals surface area (Å²) in [5.74, 6) is -1.25. The molecule has 0 aromatic heterocycles. The van der Waals surface area contributed by atoms with E-state index in [1.165, 1.54) is 0 Å². The van der Waals surface area contributed by atoms with Crippen LogP contribution in [0.1, 0.15) is 34.1 Å². The van der Waals surface area contributed by atoms with Crippen LogP contribution >= 0.6 is 0 Å². The van der Waals surface area contributed by atoms with E-state index in [2.05, 4.69) is 5.32 Å². The Hall–Kier alpha value is -1.30. The Balaban J connectivity index is 2.56. The Morgan fingerprint density at radius 2 is 2.00 bits per heavy atom. The van der Waals surface area contributed by atoms with Crippen LogP contribution < -0.4 is 5.32 Å². The van der Waals surface area contributed by atoms with Gasteiger partial charge in [-0.25, -0.2) is 4.79 Å². The molecule has 0 bridgehead atoms.